The van der Waals surface area contributed by atoms with Crippen molar-refractivity contribution in [2.75, 3.05) is 12.0 Å². The van der Waals surface area contributed by atoms with Crippen LogP contribution in [0, 0.1) is 10.5 Å². The maximum atomic E-state index is 12.8. The molecule has 2 aromatic rings. The Morgan fingerprint density at radius 3 is 2.58 bits per heavy atom. The lowest BCUT2D eigenvalue weighted by Gasteiger charge is -2.26. The predicted molar refractivity (Wildman–Crippen MR) is 106 cm³/mol. The Kier molecular flexibility index (Phi) is 5.08. The fraction of sp³-hybridized carbons (Fsp3) is 0.105. The molecule has 0 unspecified atom stereocenters. The molecule has 1 fully saturated rings. The summed E-state index contributed by atoms with van der Waals surface area (Å²) in [6, 6.07) is 11.5. The van der Waals surface area contributed by atoms with Crippen molar-refractivity contribution in [1.82, 2.24) is 5.32 Å². The molecule has 1 aliphatic heterocycles. The van der Waals surface area contributed by atoms with E-state index in [2.05, 4.69) is 27.9 Å². The summed E-state index contributed by atoms with van der Waals surface area (Å²) in [4.78, 5) is 38.2. The van der Waals surface area contributed by atoms with Gasteiger partial charge in [0.05, 0.1) is 12.8 Å². The summed E-state index contributed by atoms with van der Waals surface area (Å²) in [5.74, 6) is -0.775. The molecule has 0 saturated carbocycles. The van der Waals surface area contributed by atoms with Gasteiger partial charge in [-0.2, -0.15) is 0 Å². The summed E-state index contributed by atoms with van der Waals surface area (Å²) in [6.45, 7) is 1.86. The molecule has 1 N–H and O–H groups in total. The molecule has 3 rings (SSSR count). The monoisotopic (exact) mass is 462 g/mol. The van der Waals surface area contributed by atoms with Gasteiger partial charge in [-0.15, -0.1) is 0 Å². The van der Waals surface area contributed by atoms with Crippen molar-refractivity contribution in [3.05, 3.63) is 62.7 Å². The van der Waals surface area contributed by atoms with Gasteiger partial charge in [-0.25, -0.2) is 9.69 Å². The van der Waals surface area contributed by atoms with E-state index >= 15 is 0 Å². The van der Waals surface area contributed by atoms with E-state index in [-0.39, 0.29) is 5.57 Å². The number of imide groups is 2. The van der Waals surface area contributed by atoms with Crippen molar-refractivity contribution in [2.24, 2.45) is 0 Å². The zero-order chi connectivity index (χ0) is 18.8. The van der Waals surface area contributed by atoms with Gasteiger partial charge in [0.1, 0.15) is 11.3 Å². The van der Waals surface area contributed by atoms with Crippen LogP contribution >= 0.6 is 22.6 Å². The molecule has 1 aliphatic rings. The van der Waals surface area contributed by atoms with E-state index < -0.39 is 17.8 Å². The first-order chi connectivity index (χ1) is 12.4. The average molecular weight is 462 g/mol. The number of hydrogen-bond acceptors (Lipinski definition) is 4. The number of barbiturate groups is 1. The summed E-state index contributed by atoms with van der Waals surface area (Å²) < 4.78 is 6.11. The smallest absolute Gasteiger partial charge is 0.335 e. The number of nitrogens with one attached hydrogen (secondary N) is 1. The molecular formula is C19H15IN2O4. The molecule has 132 valence electrons. The number of halogens is 1. The van der Waals surface area contributed by atoms with E-state index in [4.69, 9.17) is 4.74 Å². The summed E-state index contributed by atoms with van der Waals surface area (Å²) in [5, 5.41) is 2.22. The SMILES string of the molecule is COc1cc(I)cc(/C=C2\C(=O)NC(=O)N(c3cccc(C)c3)C2=O)c1. The Labute approximate surface area is 164 Å². The van der Waals surface area contributed by atoms with Crippen molar-refractivity contribution in [3.63, 3.8) is 0 Å². The highest BCUT2D eigenvalue weighted by molar-refractivity contribution is 14.1. The zero-order valence-electron chi connectivity index (χ0n) is 14.1. The first-order valence-corrected chi connectivity index (χ1v) is 8.79. The van der Waals surface area contributed by atoms with Gasteiger partial charge in [-0.05, 0) is 77.0 Å². The number of nitrogens with zero attached hydrogens (tertiary/aromatic N) is 1. The second-order valence-electron chi connectivity index (χ2n) is 5.72. The number of anilines is 1. The Bertz CT molecular complexity index is 952. The van der Waals surface area contributed by atoms with E-state index in [9.17, 15) is 14.4 Å². The van der Waals surface area contributed by atoms with Crippen LogP contribution in [0.1, 0.15) is 11.1 Å². The van der Waals surface area contributed by atoms with Crippen molar-refractivity contribution in [2.45, 2.75) is 6.92 Å². The third-order valence-electron chi connectivity index (χ3n) is 3.80. The highest BCUT2D eigenvalue weighted by Crippen LogP contribution is 2.25. The fourth-order valence-electron chi connectivity index (χ4n) is 2.61. The molecule has 6 nitrogen and oxygen atoms in total. The van der Waals surface area contributed by atoms with Gasteiger partial charge in [-0.1, -0.05) is 12.1 Å². The second kappa shape index (κ2) is 7.28. The van der Waals surface area contributed by atoms with Crippen molar-refractivity contribution < 1.29 is 19.1 Å². The lowest BCUT2D eigenvalue weighted by atomic mass is 10.1. The topological polar surface area (TPSA) is 75.7 Å². The number of carbonyl (C=O) groups is 3. The van der Waals surface area contributed by atoms with Crippen LogP contribution in [0.5, 0.6) is 5.75 Å². The molecular weight excluding hydrogens is 447 g/mol. The minimum Gasteiger partial charge on any atom is -0.497 e. The van der Waals surface area contributed by atoms with Crippen LogP contribution in [0.15, 0.2) is 48.0 Å². The minimum absolute atomic E-state index is 0.116. The van der Waals surface area contributed by atoms with Gasteiger partial charge in [-0.3, -0.25) is 14.9 Å². The van der Waals surface area contributed by atoms with Gasteiger partial charge in [0.15, 0.2) is 0 Å². The van der Waals surface area contributed by atoms with E-state index in [1.54, 1.807) is 31.4 Å². The van der Waals surface area contributed by atoms with Crippen molar-refractivity contribution in [1.29, 1.82) is 0 Å². The standard InChI is InChI=1S/C19H15IN2O4/c1-11-4-3-5-14(6-11)22-18(24)16(17(23)21-19(22)25)9-12-7-13(20)10-15(8-12)26-2/h3-10H,1-2H3,(H,21,23,25)/b16-9+. The first kappa shape index (κ1) is 18.1. The number of methoxy groups -OCH3 is 1. The molecule has 0 spiro atoms. The van der Waals surface area contributed by atoms with Crippen LogP contribution < -0.4 is 15.0 Å². The van der Waals surface area contributed by atoms with Crippen molar-refractivity contribution >= 4 is 52.2 Å². The Morgan fingerprint density at radius 1 is 1.12 bits per heavy atom. The average Bonchev–Trinajstić information content (AvgIpc) is 2.58. The minimum atomic E-state index is -0.761. The van der Waals surface area contributed by atoms with E-state index in [1.165, 1.54) is 6.08 Å². The number of carbonyl (C=O) groups excluding carboxylic acids is 3. The largest absolute Gasteiger partial charge is 0.497 e. The molecule has 26 heavy (non-hydrogen) atoms. The van der Waals surface area contributed by atoms with Crippen LogP contribution in [0.4, 0.5) is 10.5 Å². The summed E-state index contributed by atoms with van der Waals surface area (Å²) in [7, 11) is 1.54. The number of aryl methyl sites for hydroxylation is 1. The number of ether oxygens (including phenoxy) is 1. The molecule has 0 atom stereocenters. The van der Waals surface area contributed by atoms with E-state index in [0.717, 1.165) is 14.0 Å². The normalized spacial score (nSPS) is 16.0. The van der Waals surface area contributed by atoms with Gasteiger partial charge < -0.3 is 4.74 Å². The molecule has 7 heteroatoms. The van der Waals surface area contributed by atoms with Gasteiger partial charge in [0.25, 0.3) is 11.8 Å². The zero-order valence-corrected chi connectivity index (χ0v) is 16.2. The van der Waals surface area contributed by atoms with Crippen LogP contribution in [0.2, 0.25) is 0 Å². The van der Waals surface area contributed by atoms with Crippen LogP contribution in [-0.4, -0.2) is 25.0 Å². The third kappa shape index (κ3) is 3.62. The van der Waals surface area contributed by atoms with E-state index in [0.29, 0.717) is 17.0 Å². The van der Waals surface area contributed by atoms with Crippen LogP contribution in [0.25, 0.3) is 6.08 Å². The Hall–Kier alpha value is -2.68. The maximum absolute atomic E-state index is 12.8. The van der Waals surface area contributed by atoms with Crippen LogP contribution in [0.3, 0.4) is 0 Å². The second-order valence-corrected chi connectivity index (χ2v) is 6.97. The van der Waals surface area contributed by atoms with Gasteiger partial charge >= 0.3 is 6.03 Å². The maximum Gasteiger partial charge on any atom is 0.335 e. The number of rotatable bonds is 3. The third-order valence-corrected chi connectivity index (χ3v) is 4.42. The molecule has 4 amide bonds. The van der Waals surface area contributed by atoms with Crippen LogP contribution in [-0.2, 0) is 9.59 Å². The number of benzene rings is 2. The van der Waals surface area contributed by atoms with Crippen molar-refractivity contribution in [3.8, 4) is 5.75 Å². The highest BCUT2D eigenvalue weighted by Gasteiger charge is 2.36. The quantitative estimate of drug-likeness (QED) is 0.432. The predicted octanol–water partition coefficient (Wildman–Crippen LogP) is 3.27. The molecule has 1 saturated heterocycles. The molecule has 0 aliphatic carbocycles. The molecule has 0 bridgehead atoms. The molecule has 2 aromatic carbocycles. The number of amides is 4. The molecule has 0 aromatic heterocycles. The van der Waals surface area contributed by atoms with Gasteiger partial charge in [0.2, 0.25) is 0 Å². The number of urea groups is 1. The summed E-state index contributed by atoms with van der Waals surface area (Å²) >= 11 is 2.12. The molecule has 1 heterocycles. The van der Waals surface area contributed by atoms with E-state index in [1.807, 2.05) is 25.1 Å². The molecule has 0 radical (unpaired) electrons. The summed E-state index contributed by atoms with van der Waals surface area (Å²) in [5.41, 5.74) is 1.82. The highest BCUT2D eigenvalue weighted by atomic mass is 127. The lowest BCUT2D eigenvalue weighted by Crippen LogP contribution is -2.54. The summed E-state index contributed by atoms with van der Waals surface area (Å²) in [6.07, 6.45) is 1.46. The Morgan fingerprint density at radius 2 is 1.88 bits per heavy atom. The number of hydrogen-bond donors (Lipinski definition) is 1. The first-order valence-electron chi connectivity index (χ1n) is 7.72. The lowest BCUT2D eigenvalue weighted by molar-refractivity contribution is -0.122. The fourth-order valence-corrected chi connectivity index (χ4v) is 3.28. The Balaban J connectivity index is 2.04. The van der Waals surface area contributed by atoms with Gasteiger partial charge in [0, 0.05) is 3.57 Å².